The van der Waals surface area contributed by atoms with Crippen LogP contribution in [0.2, 0.25) is 10.0 Å². The van der Waals surface area contributed by atoms with Crippen LogP contribution in [0.1, 0.15) is 57.9 Å². The van der Waals surface area contributed by atoms with Gasteiger partial charge in [-0.15, -0.1) is 0 Å². The van der Waals surface area contributed by atoms with Crippen LogP contribution < -0.4 is 15.5 Å². The molecule has 1 saturated heterocycles. The summed E-state index contributed by atoms with van der Waals surface area (Å²) >= 11 is 12.4. The lowest BCUT2D eigenvalue weighted by Gasteiger charge is -2.38. The van der Waals surface area contributed by atoms with E-state index in [9.17, 15) is 35.9 Å². The summed E-state index contributed by atoms with van der Waals surface area (Å²) in [6, 6.07) is 13.2. The van der Waals surface area contributed by atoms with Crippen molar-refractivity contribution in [2.45, 2.75) is 37.7 Å². The highest BCUT2D eigenvalue weighted by Crippen LogP contribution is 2.37. The minimum Gasteiger partial charge on any atom is -0.369 e. The standard InChI is InChI=1S/C34H37Cl2F6N5O2/c1-21(44-32(49)43-2)27-6-4-5-7-30(27)47-14-12-46(13-15-47)11-10-23(22-8-9-28(35)29(36)18-22)20-45(3)31(48)24-16-25(33(37,38)39)19-26(17-24)34(40,41)42/h4-9,16-19,21,23H,10-15,20H2,1-3H3,(H2,43,44,49)/t21-,23?/m0/s1. The molecule has 1 unspecified atom stereocenters. The number of halogens is 8. The molecule has 3 amide bonds. The molecule has 2 N–H and O–H groups in total. The third-order valence-electron chi connectivity index (χ3n) is 8.58. The Morgan fingerprint density at radius 2 is 1.49 bits per heavy atom. The molecule has 0 radical (unpaired) electrons. The summed E-state index contributed by atoms with van der Waals surface area (Å²) in [6.07, 6.45) is -9.65. The summed E-state index contributed by atoms with van der Waals surface area (Å²) in [5, 5.41) is 6.06. The number of urea groups is 1. The zero-order valence-electron chi connectivity index (χ0n) is 27.1. The number of rotatable bonds is 10. The van der Waals surface area contributed by atoms with E-state index in [1.165, 1.54) is 7.05 Å². The van der Waals surface area contributed by atoms with Crippen molar-refractivity contribution in [3.05, 3.63) is 98.5 Å². The zero-order valence-corrected chi connectivity index (χ0v) is 28.6. The van der Waals surface area contributed by atoms with Gasteiger partial charge in [-0.05, 0) is 67.4 Å². The number of nitrogens with zero attached hydrogens (tertiary/aromatic N) is 3. The number of hydrogen-bond donors (Lipinski definition) is 2. The molecule has 3 aromatic carbocycles. The maximum Gasteiger partial charge on any atom is 0.416 e. The summed E-state index contributed by atoms with van der Waals surface area (Å²) in [4.78, 5) is 30.9. The number of carbonyl (C=O) groups is 2. The fraction of sp³-hybridized carbons (Fsp3) is 0.412. The molecule has 15 heteroatoms. The summed E-state index contributed by atoms with van der Waals surface area (Å²) in [6.45, 7) is 5.33. The molecule has 1 heterocycles. The van der Waals surface area contributed by atoms with Crippen LogP contribution in [0.4, 0.5) is 36.8 Å². The van der Waals surface area contributed by atoms with Gasteiger partial charge in [0.1, 0.15) is 0 Å². The third kappa shape index (κ3) is 9.95. The van der Waals surface area contributed by atoms with Crippen LogP contribution in [0.25, 0.3) is 0 Å². The molecule has 3 aromatic rings. The first kappa shape index (κ1) is 38.1. The summed E-state index contributed by atoms with van der Waals surface area (Å²) < 4.78 is 80.8. The van der Waals surface area contributed by atoms with Crippen LogP contribution in [-0.2, 0) is 12.4 Å². The number of hydrogen-bond acceptors (Lipinski definition) is 4. The first-order valence-electron chi connectivity index (χ1n) is 15.5. The number of likely N-dealkylation sites (N-methyl/N-ethyl adjacent to an activating group) is 1. The summed E-state index contributed by atoms with van der Waals surface area (Å²) in [5.74, 6) is -1.35. The molecular weight excluding hydrogens is 695 g/mol. The van der Waals surface area contributed by atoms with E-state index in [1.807, 2.05) is 31.2 Å². The molecule has 0 aliphatic carbocycles. The van der Waals surface area contributed by atoms with Gasteiger partial charge < -0.3 is 20.4 Å². The second-order valence-electron chi connectivity index (χ2n) is 12.0. The van der Waals surface area contributed by atoms with Gasteiger partial charge in [0.2, 0.25) is 0 Å². The van der Waals surface area contributed by atoms with Crippen LogP contribution in [0.3, 0.4) is 0 Å². The highest BCUT2D eigenvalue weighted by molar-refractivity contribution is 6.42. The Balaban J connectivity index is 1.48. The number of benzene rings is 3. The number of nitrogens with one attached hydrogen (secondary N) is 2. The highest BCUT2D eigenvalue weighted by Gasteiger charge is 2.38. The van der Waals surface area contributed by atoms with E-state index in [0.29, 0.717) is 56.3 Å². The molecule has 1 fully saturated rings. The van der Waals surface area contributed by atoms with Crippen molar-refractivity contribution in [3.63, 3.8) is 0 Å². The molecule has 266 valence electrons. The van der Waals surface area contributed by atoms with E-state index in [0.717, 1.165) is 21.7 Å². The number of alkyl halides is 6. The molecule has 1 aliphatic heterocycles. The smallest absolute Gasteiger partial charge is 0.369 e. The Bertz CT molecular complexity index is 1600. The maximum absolute atomic E-state index is 13.5. The van der Waals surface area contributed by atoms with Crippen LogP contribution in [0.5, 0.6) is 0 Å². The van der Waals surface area contributed by atoms with Crippen LogP contribution >= 0.6 is 23.2 Å². The summed E-state index contributed by atoms with van der Waals surface area (Å²) in [7, 11) is 2.90. The van der Waals surface area contributed by atoms with Gasteiger partial charge in [-0.3, -0.25) is 9.69 Å². The van der Waals surface area contributed by atoms with E-state index < -0.39 is 35.0 Å². The number of piperazine rings is 1. The molecule has 0 saturated carbocycles. The Morgan fingerprint density at radius 3 is 2.06 bits per heavy atom. The van der Waals surface area contributed by atoms with E-state index in [-0.39, 0.29) is 35.6 Å². The van der Waals surface area contributed by atoms with E-state index in [2.05, 4.69) is 20.4 Å². The highest BCUT2D eigenvalue weighted by atomic mass is 35.5. The molecule has 4 rings (SSSR count). The van der Waals surface area contributed by atoms with Crippen molar-refractivity contribution in [1.29, 1.82) is 0 Å². The van der Waals surface area contributed by atoms with Crippen molar-refractivity contribution in [2.24, 2.45) is 0 Å². The van der Waals surface area contributed by atoms with E-state index in [1.54, 1.807) is 25.2 Å². The van der Waals surface area contributed by atoms with Gasteiger partial charge in [-0.25, -0.2) is 4.79 Å². The van der Waals surface area contributed by atoms with Crippen LogP contribution in [0.15, 0.2) is 60.7 Å². The average Bonchev–Trinajstić information content (AvgIpc) is 3.06. The van der Waals surface area contributed by atoms with E-state index >= 15 is 0 Å². The van der Waals surface area contributed by atoms with Gasteiger partial charge in [0.15, 0.2) is 0 Å². The second-order valence-corrected chi connectivity index (χ2v) is 12.8. The average molecular weight is 733 g/mol. The quantitative estimate of drug-likeness (QED) is 0.207. The lowest BCUT2D eigenvalue weighted by Crippen LogP contribution is -2.47. The molecule has 2 atom stereocenters. The third-order valence-corrected chi connectivity index (χ3v) is 9.31. The molecular formula is C34H37Cl2F6N5O2. The molecule has 0 spiro atoms. The van der Waals surface area contributed by atoms with Gasteiger partial charge in [0.05, 0.1) is 27.2 Å². The molecule has 7 nitrogen and oxygen atoms in total. The minimum absolute atomic E-state index is 0.00203. The van der Waals surface area contributed by atoms with Gasteiger partial charge in [-0.1, -0.05) is 47.5 Å². The lowest BCUT2D eigenvalue weighted by atomic mass is 9.94. The van der Waals surface area contributed by atoms with Crippen LogP contribution in [-0.4, -0.2) is 75.1 Å². The molecule has 0 bridgehead atoms. The van der Waals surface area contributed by atoms with Gasteiger partial charge in [0, 0.05) is 64.0 Å². The Morgan fingerprint density at radius 1 is 0.878 bits per heavy atom. The predicted molar refractivity (Wildman–Crippen MR) is 178 cm³/mol. The number of amides is 3. The fourth-order valence-corrected chi connectivity index (χ4v) is 6.19. The van der Waals surface area contributed by atoms with Crippen molar-refractivity contribution < 1.29 is 35.9 Å². The minimum atomic E-state index is -5.08. The topological polar surface area (TPSA) is 67.9 Å². The largest absolute Gasteiger partial charge is 0.416 e. The SMILES string of the molecule is CNC(=O)N[C@@H](C)c1ccccc1N1CCN(CCC(CN(C)C(=O)c2cc(C(F)(F)F)cc(C(F)(F)F)c2)c2ccc(Cl)c(Cl)c2)CC1. The zero-order chi connectivity index (χ0) is 36.1. The maximum atomic E-state index is 13.5. The fourth-order valence-electron chi connectivity index (χ4n) is 5.88. The van der Waals surface area contributed by atoms with Crippen molar-refractivity contribution in [3.8, 4) is 0 Å². The van der Waals surface area contributed by atoms with Crippen molar-refractivity contribution in [1.82, 2.24) is 20.4 Å². The lowest BCUT2D eigenvalue weighted by molar-refractivity contribution is -0.143. The van der Waals surface area contributed by atoms with Crippen LogP contribution in [0, 0.1) is 0 Å². The van der Waals surface area contributed by atoms with Crippen molar-refractivity contribution in [2.75, 3.05) is 58.3 Å². The van der Waals surface area contributed by atoms with Gasteiger partial charge in [-0.2, -0.15) is 26.3 Å². The molecule has 0 aromatic heterocycles. The number of anilines is 1. The van der Waals surface area contributed by atoms with E-state index in [4.69, 9.17) is 23.2 Å². The predicted octanol–water partition coefficient (Wildman–Crippen LogP) is 8.09. The van der Waals surface area contributed by atoms with Crippen molar-refractivity contribution >= 4 is 40.8 Å². The number of carbonyl (C=O) groups excluding carboxylic acids is 2. The normalized spacial score (nSPS) is 15.4. The Kier molecular flexibility index (Phi) is 12.4. The van der Waals surface area contributed by atoms with Gasteiger partial charge in [0.25, 0.3) is 5.91 Å². The first-order valence-corrected chi connectivity index (χ1v) is 16.3. The van der Waals surface area contributed by atoms with Gasteiger partial charge >= 0.3 is 18.4 Å². The second kappa shape index (κ2) is 15.9. The number of para-hydroxylation sites is 1. The molecule has 49 heavy (non-hydrogen) atoms. The molecule has 1 aliphatic rings. The monoisotopic (exact) mass is 731 g/mol. The first-order chi connectivity index (χ1) is 23.0. The Labute approximate surface area is 291 Å². The summed E-state index contributed by atoms with van der Waals surface area (Å²) in [5.41, 5.74) is -1.11. The Hall–Kier alpha value is -3.68.